The van der Waals surface area contributed by atoms with Crippen LogP contribution in [-0.2, 0) is 5.41 Å². The third-order valence-corrected chi connectivity index (χ3v) is 17.5. The Morgan fingerprint density at radius 1 is 0.364 bits per heavy atom. The Labute approximate surface area is 535 Å². The highest BCUT2D eigenvalue weighted by molar-refractivity contribution is 7.00. The van der Waals surface area contributed by atoms with Crippen LogP contribution in [0.3, 0.4) is 0 Å². The lowest BCUT2D eigenvalue weighted by Gasteiger charge is -2.45. The van der Waals surface area contributed by atoms with Gasteiger partial charge in [0, 0.05) is 49.9 Å². The van der Waals surface area contributed by atoms with E-state index in [9.17, 15) is 13.7 Å². The maximum atomic E-state index is 10.0. The number of anilines is 6. The first kappa shape index (κ1) is 35.4. The van der Waals surface area contributed by atoms with E-state index in [0.29, 0.717) is 94.6 Å². The minimum Gasteiger partial charge on any atom is -0.456 e. The highest BCUT2D eigenvalue weighted by Gasteiger charge is 2.46. The standard InChI is InChI=1S/C82H56BN3O2/c1-82(2,3)64-34-18-13-29-58(64)61-41-44-76-79(63-33-17-22-38-75(63)87-76)81(61)86-69-43-40-54(51-23-7-4-8-24-51)45-66(69)83-65-42-39-55(52-25-9-5-10-26-52)46-70(65)85(71-47-56(53-27-11-6-12-28-53)48-77-78(71)62-32-16-21-37-74(62)88-77)72-49-57(50-73(86)80(72)83)84-67-35-19-14-30-59(67)60-31-15-20-36-68(60)84/h4-50H,1-3H3/i4D,5D,7D,8D,9D,10D,14D,15D,19D,20D,23D,24D,25D,26D,30D,31D,35D,36D. The van der Waals surface area contributed by atoms with Gasteiger partial charge in [-0.2, -0.15) is 0 Å². The Morgan fingerprint density at radius 3 is 1.65 bits per heavy atom. The summed E-state index contributed by atoms with van der Waals surface area (Å²) in [5, 5.41) is 2.35. The molecule has 88 heavy (non-hydrogen) atoms. The van der Waals surface area contributed by atoms with Crippen molar-refractivity contribution in [2.75, 3.05) is 9.80 Å². The zero-order valence-corrected chi connectivity index (χ0v) is 47.5. The van der Waals surface area contributed by atoms with Crippen LogP contribution in [0.5, 0.6) is 0 Å². The van der Waals surface area contributed by atoms with E-state index >= 15 is 0 Å². The fourth-order valence-corrected chi connectivity index (χ4v) is 13.8. The monoisotopic (exact) mass is 1140 g/mol. The van der Waals surface area contributed by atoms with Gasteiger partial charge in [0.25, 0.3) is 6.71 Å². The molecule has 0 fully saturated rings. The normalized spacial score (nSPS) is 15.7. The summed E-state index contributed by atoms with van der Waals surface area (Å²) in [5.74, 6) is 0. The molecule has 3 aromatic heterocycles. The van der Waals surface area contributed by atoms with Crippen LogP contribution in [0.15, 0.2) is 294 Å². The number of furan rings is 2. The van der Waals surface area contributed by atoms with Gasteiger partial charge in [-0.25, -0.2) is 0 Å². The maximum absolute atomic E-state index is 10.0. The molecule has 0 atom stereocenters. The van der Waals surface area contributed by atoms with Gasteiger partial charge >= 0.3 is 0 Å². The molecular weight excluding hydrogens is 1070 g/mol. The molecule has 0 saturated carbocycles. The van der Waals surface area contributed by atoms with Crippen LogP contribution in [0.4, 0.5) is 34.1 Å². The van der Waals surface area contributed by atoms with Crippen LogP contribution < -0.4 is 26.2 Å². The quantitative estimate of drug-likeness (QED) is 0.149. The third-order valence-electron chi connectivity index (χ3n) is 17.5. The summed E-state index contributed by atoms with van der Waals surface area (Å²) in [6.45, 7) is 5.42. The predicted molar refractivity (Wildman–Crippen MR) is 370 cm³/mol. The third kappa shape index (κ3) is 7.55. The zero-order chi connectivity index (χ0) is 74.0. The number of fused-ring (bicyclic) bond motifs is 13. The van der Waals surface area contributed by atoms with Crippen LogP contribution in [0, 0.1) is 0 Å². The van der Waals surface area contributed by atoms with E-state index in [1.54, 1.807) is 18.2 Å². The van der Waals surface area contributed by atoms with Gasteiger partial charge in [0.1, 0.15) is 22.3 Å². The van der Waals surface area contributed by atoms with Crippen molar-refractivity contribution in [2.45, 2.75) is 26.2 Å². The first-order valence-corrected chi connectivity index (χ1v) is 29.0. The largest absolute Gasteiger partial charge is 0.456 e. The molecule has 0 unspecified atom stereocenters. The first-order valence-electron chi connectivity index (χ1n) is 38.0. The van der Waals surface area contributed by atoms with E-state index in [4.69, 9.17) is 19.8 Å². The number of rotatable bonds is 7. The van der Waals surface area contributed by atoms with E-state index in [-0.39, 0.29) is 49.7 Å². The van der Waals surface area contributed by atoms with Crippen LogP contribution in [0.2, 0.25) is 0 Å². The lowest BCUT2D eigenvalue weighted by Crippen LogP contribution is -2.61. The molecule has 5 heterocycles. The topological polar surface area (TPSA) is 37.7 Å². The van der Waals surface area contributed by atoms with Gasteiger partial charge in [0.2, 0.25) is 0 Å². The number of hydrogen-bond acceptors (Lipinski definition) is 4. The van der Waals surface area contributed by atoms with Crippen molar-refractivity contribution in [1.82, 2.24) is 4.57 Å². The van der Waals surface area contributed by atoms with Crippen LogP contribution >= 0.6 is 0 Å². The molecule has 0 bridgehead atoms. The molecule has 0 amide bonds. The average molecular weight is 1140 g/mol. The average Bonchev–Trinajstić information content (AvgIpc) is 1.25. The minimum absolute atomic E-state index is 0.0777. The summed E-state index contributed by atoms with van der Waals surface area (Å²) in [5.41, 5.74) is 10.2. The fourth-order valence-electron chi connectivity index (χ4n) is 13.8. The van der Waals surface area contributed by atoms with E-state index in [1.807, 2.05) is 150 Å². The molecule has 414 valence electrons. The Balaban J connectivity index is 1.11. The number of para-hydroxylation sites is 4. The van der Waals surface area contributed by atoms with Crippen LogP contribution in [-0.4, -0.2) is 11.3 Å². The van der Waals surface area contributed by atoms with E-state index in [0.717, 1.165) is 27.6 Å². The summed E-state index contributed by atoms with van der Waals surface area (Å²) in [4.78, 5) is 4.14. The highest BCUT2D eigenvalue weighted by atomic mass is 16.3. The Bertz CT molecular complexity index is 6530. The molecule has 0 N–H and O–H groups in total. The second-order valence-electron chi connectivity index (χ2n) is 23.4. The SMILES string of the molecule is [2H]c1c([2H])c([2H])c(-c2ccc3c(c2)B2c4ccc(-c5c([2H])c([2H])c([2H])c([2H])c5[2H])cc4N(c4cc(-c5ccccc5)cc5oc6ccccc6c45)c4cc(-n5c6c([2H])c([2H])c([2H])c([2H])c6c6c([2H])c([2H])c([2H])c([2H])c65)cc(c42)N3c2c(-c3ccccc3C(C)(C)C)ccc3oc4ccccc4c23)c([2H])c1[2H]. The Morgan fingerprint density at radius 2 is 0.943 bits per heavy atom. The van der Waals surface area contributed by atoms with Crippen molar-refractivity contribution in [3.8, 4) is 50.2 Å². The first-order chi connectivity index (χ1) is 50.8. The van der Waals surface area contributed by atoms with Crippen LogP contribution in [0.1, 0.15) is 51.0 Å². The molecule has 5 nitrogen and oxygen atoms in total. The van der Waals surface area contributed by atoms with Crippen LogP contribution in [0.25, 0.3) is 116 Å². The number of hydrogen-bond donors (Lipinski definition) is 0. The molecule has 2 aliphatic heterocycles. The second-order valence-corrected chi connectivity index (χ2v) is 23.4. The predicted octanol–water partition coefficient (Wildman–Crippen LogP) is 20.6. The van der Waals surface area contributed by atoms with E-state index in [2.05, 4.69) is 37.8 Å². The van der Waals surface area contributed by atoms with Crippen molar-refractivity contribution in [1.29, 1.82) is 0 Å². The van der Waals surface area contributed by atoms with Crippen molar-refractivity contribution in [2.24, 2.45) is 0 Å². The van der Waals surface area contributed by atoms with Crippen molar-refractivity contribution in [3.63, 3.8) is 0 Å². The summed E-state index contributed by atoms with van der Waals surface area (Å²) >= 11 is 0. The molecule has 2 aliphatic rings. The molecular formula is C82H56BN3O2. The number of benzene rings is 13. The Kier molecular flexibility index (Phi) is 7.73. The lowest BCUT2D eigenvalue weighted by atomic mass is 9.33. The number of aromatic nitrogens is 1. The van der Waals surface area contributed by atoms with Gasteiger partial charge in [-0.3, -0.25) is 0 Å². The molecule has 0 spiro atoms. The molecule has 0 saturated heterocycles. The van der Waals surface area contributed by atoms with Crippen molar-refractivity contribution < 1.29 is 33.5 Å². The summed E-state index contributed by atoms with van der Waals surface area (Å²) in [6, 6.07) is 45.5. The van der Waals surface area contributed by atoms with Crippen molar-refractivity contribution in [3.05, 3.63) is 290 Å². The summed E-state index contributed by atoms with van der Waals surface area (Å²) in [7, 11) is 0. The van der Waals surface area contributed by atoms with Gasteiger partial charge in [-0.1, -0.05) is 233 Å². The smallest absolute Gasteiger partial charge is 0.252 e. The molecule has 6 heteroatoms. The molecule has 0 radical (unpaired) electrons. The maximum Gasteiger partial charge on any atom is 0.252 e. The van der Waals surface area contributed by atoms with Crippen molar-refractivity contribution >= 4 is 123 Å². The molecule has 13 aromatic carbocycles. The molecule has 0 aliphatic carbocycles. The van der Waals surface area contributed by atoms with Gasteiger partial charge in [0.05, 0.1) is 63.5 Å². The highest BCUT2D eigenvalue weighted by Crippen LogP contribution is 2.55. The lowest BCUT2D eigenvalue weighted by molar-refractivity contribution is 0.592. The minimum atomic E-state index is -0.984. The van der Waals surface area contributed by atoms with Gasteiger partial charge in [-0.15, -0.1) is 0 Å². The van der Waals surface area contributed by atoms with Gasteiger partial charge in [-0.05, 0) is 139 Å². The van der Waals surface area contributed by atoms with Gasteiger partial charge in [0.15, 0.2) is 0 Å². The molecule has 16 aromatic rings. The van der Waals surface area contributed by atoms with Gasteiger partial charge < -0.3 is 23.2 Å². The second kappa shape index (κ2) is 19.2. The zero-order valence-electron chi connectivity index (χ0n) is 65.5. The summed E-state index contributed by atoms with van der Waals surface area (Å²) in [6.07, 6.45) is 0. The van der Waals surface area contributed by atoms with E-state index < -0.39 is 121 Å². The summed E-state index contributed by atoms with van der Waals surface area (Å²) < 4.78 is 184. The molecule has 18 rings (SSSR count). The fraction of sp³-hybridized carbons (Fsp3) is 0.0488. The Hall–Kier alpha value is -11.1. The van der Waals surface area contributed by atoms with E-state index in [1.165, 1.54) is 4.57 Å². The number of nitrogens with zero attached hydrogens (tertiary/aromatic N) is 3.